The highest BCUT2D eigenvalue weighted by Crippen LogP contribution is 2.12. The van der Waals surface area contributed by atoms with Crippen LogP contribution in [0.1, 0.15) is 27.8 Å². The van der Waals surface area contributed by atoms with Crippen LogP contribution in [0.4, 0.5) is 8.78 Å². The molecule has 1 aromatic rings. The van der Waals surface area contributed by atoms with Crippen molar-refractivity contribution in [3.63, 3.8) is 0 Å². The molecule has 0 bridgehead atoms. The summed E-state index contributed by atoms with van der Waals surface area (Å²) in [5.74, 6) is -0.846. The second-order valence-corrected chi connectivity index (χ2v) is 4.15. The average molecular weight is 274 g/mol. The van der Waals surface area contributed by atoms with Gasteiger partial charge in [-0.25, -0.2) is 8.78 Å². The zero-order valence-corrected chi connectivity index (χ0v) is 10.8. The third-order valence-electron chi connectivity index (χ3n) is 2.65. The molecule has 0 aliphatic heterocycles. The number of aliphatic hydroxyl groups excluding tert-OH is 1. The van der Waals surface area contributed by atoms with Crippen LogP contribution in [0.3, 0.4) is 0 Å². The largest absolute Gasteiger partial charge is 0.395 e. The van der Waals surface area contributed by atoms with Gasteiger partial charge in [0.25, 0.3) is 12.3 Å². The van der Waals surface area contributed by atoms with E-state index in [0.29, 0.717) is 5.56 Å². The minimum Gasteiger partial charge on any atom is -0.395 e. The van der Waals surface area contributed by atoms with Crippen LogP contribution in [0.25, 0.3) is 0 Å². The molecular formula is C12H16F2N2O3. The fourth-order valence-electron chi connectivity index (χ4n) is 1.69. The first-order chi connectivity index (χ1) is 8.86. The second-order valence-electron chi connectivity index (χ2n) is 4.15. The van der Waals surface area contributed by atoms with E-state index in [1.165, 1.54) is 23.8 Å². The van der Waals surface area contributed by atoms with E-state index < -0.39 is 25.5 Å². The molecule has 0 spiro atoms. The number of ketones is 1. The predicted octanol–water partition coefficient (Wildman–Crippen LogP) is 0.927. The smallest absolute Gasteiger partial charge is 0.270 e. The Morgan fingerprint density at radius 1 is 1.47 bits per heavy atom. The van der Waals surface area contributed by atoms with Crippen molar-refractivity contribution in [3.05, 3.63) is 23.5 Å². The van der Waals surface area contributed by atoms with Gasteiger partial charge in [-0.2, -0.15) is 0 Å². The number of aromatic nitrogens is 1. The van der Waals surface area contributed by atoms with E-state index in [-0.39, 0.29) is 18.0 Å². The number of carbonyl (C=O) groups is 2. The van der Waals surface area contributed by atoms with Crippen molar-refractivity contribution < 1.29 is 23.5 Å². The van der Waals surface area contributed by atoms with E-state index in [9.17, 15) is 18.4 Å². The lowest BCUT2D eigenvalue weighted by atomic mass is 10.2. The third kappa shape index (κ3) is 3.85. The van der Waals surface area contributed by atoms with E-state index in [4.69, 9.17) is 5.11 Å². The molecule has 1 N–H and O–H groups in total. The summed E-state index contributed by atoms with van der Waals surface area (Å²) in [6, 6.07) is 1.36. The number of rotatable bonds is 6. The van der Waals surface area contributed by atoms with Gasteiger partial charge in [0.15, 0.2) is 5.78 Å². The molecule has 1 amide bonds. The number of hydrogen-bond donors (Lipinski definition) is 1. The minimum absolute atomic E-state index is 0.138. The Labute approximate surface area is 109 Å². The first-order valence-corrected chi connectivity index (χ1v) is 5.72. The maximum absolute atomic E-state index is 12.4. The van der Waals surface area contributed by atoms with Crippen molar-refractivity contribution in [2.24, 2.45) is 7.05 Å². The molecule has 1 heterocycles. The summed E-state index contributed by atoms with van der Waals surface area (Å²) in [5.41, 5.74) is 0.478. The molecule has 0 radical (unpaired) electrons. The topological polar surface area (TPSA) is 62.5 Å². The Hall–Kier alpha value is -1.76. The van der Waals surface area contributed by atoms with Gasteiger partial charge in [-0.1, -0.05) is 0 Å². The molecule has 0 saturated heterocycles. The van der Waals surface area contributed by atoms with Gasteiger partial charge in [-0.15, -0.1) is 0 Å². The molecule has 0 aromatic carbocycles. The highest BCUT2D eigenvalue weighted by Gasteiger charge is 2.22. The molecule has 0 aliphatic rings. The number of aryl methyl sites for hydroxylation is 1. The zero-order valence-electron chi connectivity index (χ0n) is 10.8. The van der Waals surface area contributed by atoms with Crippen LogP contribution in [0.5, 0.6) is 0 Å². The van der Waals surface area contributed by atoms with Gasteiger partial charge in [-0.3, -0.25) is 9.59 Å². The van der Waals surface area contributed by atoms with E-state index in [2.05, 4.69) is 0 Å². The molecule has 19 heavy (non-hydrogen) atoms. The average Bonchev–Trinajstić information content (AvgIpc) is 2.69. The Kier molecular flexibility index (Phi) is 5.17. The molecule has 0 atom stereocenters. The second kappa shape index (κ2) is 6.42. The molecule has 0 aliphatic carbocycles. The lowest BCUT2D eigenvalue weighted by molar-refractivity contribution is 0.0501. The first-order valence-electron chi connectivity index (χ1n) is 5.72. The molecule has 0 unspecified atom stereocenters. The van der Waals surface area contributed by atoms with Crippen molar-refractivity contribution >= 4 is 11.7 Å². The van der Waals surface area contributed by atoms with Crippen LogP contribution in [0.15, 0.2) is 12.3 Å². The number of halogens is 2. The van der Waals surface area contributed by atoms with Crippen molar-refractivity contribution in [3.8, 4) is 0 Å². The van der Waals surface area contributed by atoms with Crippen molar-refractivity contribution in [1.29, 1.82) is 0 Å². The highest BCUT2D eigenvalue weighted by atomic mass is 19.3. The lowest BCUT2D eigenvalue weighted by Gasteiger charge is -2.21. The van der Waals surface area contributed by atoms with Crippen LogP contribution in [-0.4, -0.2) is 52.4 Å². The van der Waals surface area contributed by atoms with Gasteiger partial charge >= 0.3 is 0 Å². The SMILES string of the molecule is CC(=O)c1cc(C(=O)N(CCO)CC(F)F)n(C)c1. The maximum atomic E-state index is 12.4. The van der Waals surface area contributed by atoms with Gasteiger partial charge in [0, 0.05) is 25.4 Å². The molecule has 1 aromatic heterocycles. The summed E-state index contributed by atoms with van der Waals surface area (Å²) in [6.45, 7) is 0.0282. The van der Waals surface area contributed by atoms with Crippen LogP contribution in [0, 0.1) is 0 Å². The summed E-state index contributed by atoms with van der Waals surface area (Å²) in [4.78, 5) is 24.2. The van der Waals surface area contributed by atoms with Crippen LogP contribution in [0.2, 0.25) is 0 Å². The fourth-order valence-corrected chi connectivity index (χ4v) is 1.69. The fraction of sp³-hybridized carbons (Fsp3) is 0.500. The summed E-state index contributed by atoms with van der Waals surface area (Å²) in [5, 5.41) is 8.81. The van der Waals surface area contributed by atoms with Gasteiger partial charge < -0.3 is 14.6 Å². The summed E-state index contributed by atoms with van der Waals surface area (Å²) < 4.78 is 26.2. The molecule has 7 heteroatoms. The van der Waals surface area contributed by atoms with E-state index in [1.54, 1.807) is 7.05 Å². The minimum atomic E-state index is -2.68. The standard InChI is InChI=1S/C12H16F2N2O3/c1-8(18)9-5-10(15(2)6-9)12(19)16(3-4-17)7-11(13)14/h5-6,11,17H,3-4,7H2,1-2H3. The predicted molar refractivity (Wildman–Crippen MR) is 64.4 cm³/mol. The van der Waals surface area contributed by atoms with E-state index in [0.717, 1.165) is 4.90 Å². The Morgan fingerprint density at radius 2 is 2.11 bits per heavy atom. The lowest BCUT2D eigenvalue weighted by Crippen LogP contribution is -2.38. The zero-order chi connectivity index (χ0) is 14.6. The monoisotopic (exact) mass is 274 g/mol. The van der Waals surface area contributed by atoms with Crippen molar-refractivity contribution in [2.45, 2.75) is 13.3 Å². The summed E-state index contributed by atoms with van der Waals surface area (Å²) in [6.07, 6.45) is -1.21. The Bertz CT molecular complexity index is 472. The number of aliphatic hydroxyl groups is 1. The number of alkyl halides is 2. The molecule has 0 saturated carbocycles. The van der Waals surface area contributed by atoms with Crippen LogP contribution >= 0.6 is 0 Å². The third-order valence-corrected chi connectivity index (χ3v) is 2.65. The quantitative estimate of drug-likeness (QED) is 0.785. The summed E-state index contributed by atoms with van der Waals surface area (Å²) in [7, 11) is 1.55. The Balaban J connectivity index is 2.98. The van der Waals surface area contributed by atoms with Gasteiger partial charge in [0.1, 0.15) is 5.69 Å². The number of carbonyl (C=O) groups excluding carboxylic acids is 2. The van der Waals surface area contributed by atoms with Crippen LogP contribution in [-0.2, 0) is 7.05 Å². The number of amides is 1. The van der Waals surface area contributed by atoms with E-state index >= 15 is 0 Å². The highest BCUT2D eigenvalue weighted by molar-refractivity contribution is 5.99. The molecular weight excluding hydrogens is 258 g/mol. The van der Waals surface area contributed by atoms with Crippen molar-refractivity contribution in [1.82, 2.24) is 9.47 Å². The first kappa shape index (κ1) is 15.3. The summed E-state index contributed by atoms with van der Waals surface area (Å²) >= 11 is 0. The molecule has 0 fully saturated rings. The maximum Gasteiger partial charge on any atom is 0.270 e. The van der Waals surface area contributed by atoms with Gasteiger partial charge in [-0.05, 0) is 13.0 Å². The molecule has 1 rings (SSSR count). The number of Topliss-reactive ketones (excluding diaryl/α,β-unsaturated/α-hetero) is 1. The van der Waals surface area contributed by atoms with Gasteiger partial charge in [0.05, 0.1) is 13.2 Å². The molecule has 106 valence electrons. The molecule has 5 nitrogen and oxygen atoms in total. The normalized spacial score (nSPS) is 10.8. The number of nitrogens with zero attached hydrogens (tertiary/aromatic N) is 2. The van der Waals surface area contributed by atoms with Gasteiger partial charge in [0.2, 0.25) is 0 Å². The van der Waals surface area contributed by atoms with Crippen LogP contribution < -0.4 is 0 Å². The number of hydrogen-bond acceptors (Lipinski definition) is 3. The Morgan fingerprint density at radius 3 is 2.53 bits per heavy atom. The van der Waals surface area contributed by atoms with E-state index in [1.807, 2.05) is 0 Å². The van der Waals surface area contributed by atoms with Crippen molar-refractivity contribution in [2.75, 3.05) is 19.7 Å².